The Morgan fingerprint density at radius 1 is 1.58 bits per heavy atom. The molecule has 1 aromatic rings. The zero-order valence-corrected chi connectivity index (χ0v) is 11.4. The Hall–Kier alpha value is -2.07. The van der Waals surface area contributed by atoms with Gasteiger partial charge in [0.2, 0.25) is 5.91 Å². The number of carbonyl (C=O) groups excluding carboxylic acids is 2. The Labute approximate surface area is 114 Å². The second kappa shape index (κ2) is 6.75. The molecule has 6 nitrogen and oxygen atoms in total. The Kier molecular flexibility index (Phi) is 5.33. The summed E-state index contributed by atoms with van der Waals surface area (Å²) in [5.41, 5.74) is 5.54. The monoisotopic (exact) mass is 279 g/mol. The van der Waals surface area contributed by atoms with Gasteiger partial charge in [-0.3, -0.25) is 4.79 Å². The van der Waals surface area contributed by atoms with Gasteiger partial charge in [0.05, 0.1) is 17.4 Å². The number of carbonyl (C=O) groups is 2. The summed E-state index contributed by atoms with van der Waals surface area (Å²) < 4.78 is 4.82. The first kappa shape index (κ1) is 15.0. The van der Waals surface area contributed by atoms with Gasteiger partial charge >= 0.3 is 5.97 Å². The molecule has 1 rings (SSSR count). The summed E-state index contributed by atoms with van der Waals surface area (Å²) in [7, 11) is 0. The highest BCUT2D eigenvalue weighted by Gasteiger charge is 2.17. The van der Waals surface area contributed by atoms with Crippen LogP contribution in [0, 0.1) is 11.3 Å². The highest BCUT2D eigenvalue weighted by molar-refractivity contribution is 8.00. The van der Waals surface area contributed by atoms with Gasteiger partial charge in [-0.05, 0) is 26.0 Å². The van der Waals surface area contributed by atoms with Gasteiger partial charge in [-0.1, -0.05) is 11.8 Å². The van der Waals surface area contributed by atoms with Crippen LogP contribution in [-0.2, 0) is 9.53 Å². The van der Waals surface area contributed by atoms with Crippen molar-refractivity contribution >= 4 is 23.6 Å². The molecule has 1 atom stereocenters. The fraction of sp³-hybridized carbons (Fsp3) is 0.333. The van der Waals surface area contributed by atoms with E-state index < -0.39 is 17.1 Å². The summed E-state index contributed by atoms with van der Waals surface area (Å²) in [4.78, 5) is 26.6. The molecular weight excluding hydrogens is 266 g/mol. The van der Waals surface area contributed by atoms with E-state index in [1.54, 1.807) is 13.8 Å². The smallest absolute Gasteiger partial charge is 0.356 e. The van der Waals surface area contributed by atoms with Crippen molar-refractivity contribution in [1.29, 1.82) is 5.26 Å². The van der Waals surface area contributed by atoms with Crippen molar-refractivity contribution in [1.82, 2.24) is 4.98 Å². The largest absolute Gasteiger partial charge is 0.461 e. The summed E-state index contributed by atoms with van der Waals surface area (Å²) in [6, 6.07) is 4.83. The quantitative estimate of drug-likeness (QED) is 0.639. The third kappa shape index (κ3) is 3.96. The first-order chi connectivity index (χ1) is 8.99. The van der Waals surface area contributed by atoms with Crippen LogP contribution < -0.4 is 5.73 Å². The van der Waals surface area contributed by atoms with Gasteiger partial charge in [-0.25, -0.2) is 9.78 Å². The minimum absolute atomic E-state index is 0.0972. The minimum atomic E-state index is -0.569. The van der Waals surface area contributed by atoms with Crippen LogP contribution in [0.15, 0.2) is 17.2 Å². The predicted octanol–water partition coefficient (Wildman–Crippen LogP) is 1.10. The zero-order chi connectivity index (χ0) is 14.4. The lowest BCUT2D eigenvalue weighted by Crippen LogP contribution is -2.23. The summed E-state index contributed by atoms with van der Waals surface area (Å²) in [5.74, 6) is -1.09. The molecule has 0 aliphatic carbocycles. The number of esters is 1. The van der Waals surface area contributed by atoms with E-state index >= 15 is 0 Å². The first-order valence-electron chi connectivity index (χ1n) is 5.53. The number of hydrogen-bond acceptors (Lipinski definition) is 6. The fourth-order valence-corrected chi connectivity index (χ4v) is 2.00. The number of primary amides is 1. The van der Waals surface area contributed by atoms with Crippen LogP contribution >= 0.6 is 11.8 Å². The van der Waals surface area contributed by atoms with Gasteiger partial charge in [0.15, 0.2) is 0 Å². The molecule has 0 saturated heterocycles. The topological polar surface area (TPSA) is 106 Å². The number of thioether (sulfide) groups is 1. The van der Waals surface area contributed by atoms with E-state index in [4.69, 9.17) is 15.7 Å². The van der Waals surface area contributed by atoms with Crippen molar-refractivity contribution in [2.24, 2.45) is 5.73 Å². The van der Waals surface area contributed by atoms with Gasteiger partial charge < -0.3 is 10.5 Å². The number of rotatable bonds is 5. The Morgan fingerprint density at radius 2 is 2.26 bits per heavy atom. The molecule has 0 aliphatic heterocycles. The highest BCUT2D eigenvalue weighted by atomic mass is 32.2. The Bertz CT molecular complexity index is 540. The standard InChI is InChI=1S/C12H13N3O3S/c1-3-18-12(17)9-5-4-8(6-13)11(15-9)19-7(2)10(14)16/h4-5,7H,3H2,1-2H3,(H2,14,16)/t7-/m0/s1. The van der Waals surface area contributed by atoms with Crippen LogP contribution in [0.3, 0.4) is 0 Å². The van der Waals surface area contributed by atoms with Crippen molar-refractivity contribution in [3.63, 3.8) is 0 Å². The molecule has 0 unspecified atom stereocenters. The lowest BCUT2D eigenvalue weighted by atomic mass is 10.2. The van der Waals surface area contributed by atoms with E-state index in [0.717, 1.165) is 11.8 Å². The second-order valence-electron chi connectivity index (χ2n) is 3.54. The SMILES string of the molecule is CCOC(=O)c1ccc(C#N)c(S[C@@H](C)C(N)=O)n1. The average Bonchev–Trinajstić information content (AvgIpc) is 2.38. The van der Waals surface area contributed by atoms with Gasteiger partial charge in [-0.15, -0.1) is 0 Å². The lowest BCUT2D eigenvalue weighted by molar-refractivity contribution is -0.117. The second-order valence-corrected chi connectivity index (χ2v) is 4.87. The van der Waals surface area contributed by atoms with Crippen LogP contribution in [0.4, 0.5) is 0 Å². The van der Waals surface area contributed by atoms with Crippen molar-refractivity contribution in [2.75, 3.05) is 6.61 Å². The number of hydrogen-bond donors (Lipinski definition) is 1. The maximum Gasteiger partial charge on any atom is 0.356 e. The number of nitrogens with zero attached hydrogens (tertiary/aromatic N) is 2. The number of aromatic nitrogens is 1. The molecule has 1 amide bonds. The van der Waals surface area contributed by atoms with Crippen molar-refractivity contribution in [3.8, 4) is 6.07 Å². The molecule has 0 radical (unpaired) electrons. The molecule has 1 heterocycles. The number of nitriles is 1. The molecule has 0 spiro atoms. The highest BCUT2D eigenvalue weighted by Crippen LogP contribution is 2.25. The van der Waals surface area contributed by atoms with Gasteiger partial charge in [-0.2, -0.15) is 5.26 Å². The summed E-state index contributed by atoms with van der Waals surface area (Å²) in [5, 5.41) is 8.71. The van der Waals surface area contributed by atoms with Crippen LogP contribution in [0.1, 0.15) is 29.9 Å². The maximum absolute atomic E-state index is 11.5. The molecule has 0 saturated carbocycles. The maximum atomic E-state index is 11.5. The molecule has 1 aromatic heterocycles. The van der Waals surface area contributed by atoms with E-state index in [0.29, 0.717) is 5.03 Å². The molecule has 100 valence electrons. The van der Waals surface area contributed by atoms with Gasteiger partial charge in [0, 0.05) is 0 Å². The normalized spacial score (nSPS) is 11.4. The number of pyridine rings is 1. The summed E-state index contributed by atoms with van der Waals surface area (Å²) in [6.07, 6.45) is 0. The molecule has 2 N–H and O–H groups in total. The van der Waals surface area contributed by atoms with Crippen LogP contribution in [-0.4, -0.2) is 28.7 Å². The Morgan fingerprint density at radius 3 is 2.79 bits per heavy atom. The lowest BCUT2D eigenvalue weighted by Gasteiger charge is -2.09. The minimum Gasteiger partial charge on any atom is -0.461 e. The van der Waals surface area contributed by atoms with Gasteiger partial charge in [0.25, 0.3) is 0 Å². The molecule has 0 fully saturated rings. The third-order valence-corrected chi connectivity index (χ3v) is 3.27. The van der Waals surface area contributed by atoms with Crippen LogP contribution in [0.5, 0.6) is 0 Å². The first-order valence-corrected chi connectivity index (χ1v) is 6.41. The molecule has 0 bridgehead atoms. The third-order valence-electron chi connectivity index (χ3n) is 2.15. The zero-order valence-electron chi connectivity index (χ0n) is 10.5. The number of nitrogens with two attached hydrogens (primary N) is 1. The molecule has 0 aliphatic rings. The number of amides is 1. The van der Waals surface area contributed by atoms with Crippen molar-refractivity contribution in [3.05, 3.63) is 23.4 Å². The molecule has 7 heteroatoms. The van der Waals surface area contributed by atoms with Crippen molar-refractivity contribution in [2.45, 2.75) is 24.1 Å². The Balaban J connectivity index is 3.07. The molecular formula is C12H13N3O3S. The van der Waals surface area contributed by atoms with E-state index in [1.807, 2.05) is 6.07 Å². The molecule has 19 heavy (non-hydrogen) atoms. The van der Waals surface area contributed by atoms with E-state index in [2.05, 4.69) is 4.98 Å². The van der Waals surface area contributed by atoms with Crippen LogP contribution in [0.25, 0.3) is 0 Å². The average molecular weight is 279 g/mol. The van der Waals surface area contributed by atoms with E-state index in [-0.39, 0.29) is 17.9 Å². The number of ether oxygens (including phenoxy) is 1. The van der Waals surface area contributed by atoms with Crippen molar-refractivity contribution < 1.29 is 14.3 Å². The van der Waals surface area contributed by atoms with E-state index in [9.17, 15) is 9.59 Å². The van der Waals surface area contributed by atoms with Gasteiger partial charge in [0.1, 0.15) is 16.8 Å². The van der Waals surface area contributed by atoms with E-state index in [1.165, 1.54) is 12.1 Å². The predicted molar refractivity (Wildman–Crippen MR) is 69.4 cm³/mol. The van der Waals surface area contributed by atoms with Crippen LogP contribution in [0.2, 0.25) is 0 Å². The fourth-order valence-electron chi connectivity index (χ4n) is 1.16. The summed E-state index contributed by atoms with van der Waals surface area (Å²) in [6.45, 7) is 3.53. The molecule has 0 aromatic carbocycles. The summed E-state index contributed by atoms with van der Waals surface area (Å²) >= 11 is 1.04.